The summed E-state index contributed by atoms with van der Waals surface area (Å²) in [6.45, 7) is 0. The van der Waals surface area contributed by atoms with Crippen LogP contribution in [-0.4, -0.2) is 22.0 Å². The number of non-ortho nitro benzene ring substituents is 1. The van der Waals surface area contributed by atoms with Crippen molar-refractivity contribution in [2.24, 2.45) is 5.10 Å². The minimum absolute atomic E-state index is 0.0611. The van der Waals surface area contributed by atoms with Gasteiger partial charge in [-0.3, -0.25) is 25.0 Å². The molecule has 0 fully saturated rings. The molecule has 0 spiro atoms. The maximum Gasteiger partial charge on any atom is 0.287 e. The molecule has 1 N–H and O–H groups in total. The van der Waals surface area contributed by atoms with Crippen molar-refractivity contribution in [3.05, 3.63) is 78.8 Å². The van der Waals surface area contributed by atoms with Gasteiger partial charge in [-0.25, -0.2) is 5.43 Å². The van der Waals surface area contributed by atoms with Crippen LogP contribution in [0.2, 0.25) is 5.02 Å². The Bertz CT molecular complexity index is 853. The van der Waals surface area contributed by atoms with Crippen molar-refractivity contribution in [3.8, 4) is 0 Å². The third kappa shape index (κ3) is 4.11. The van der Waals surface area contributed by atoms with E-state index in [0.29, 0.717) is 5.56 Å². The van der Waals surface area contributed by atoms with E-state index in [9.17, 15) is 25.0 Å². The van der Waals surface area contributed by atoms with Crippen molar-refractivity contribution in [2.75, 3.05) is 0 Å². The highest BCUT2D eigenvalue weighted by molar-refractivity contribution is 6.32. The van der Waals surface area contributed by atoms with E-state index in [4.69, 9.17) is 11.6 Å². The molecule has 122 valence electrons. The first kappa shape index (κ1) is 17.0. The van der Waals surface area contributed by atoms with Crippen molar-refractivity contribution in [3.63, 3.8) is 0 Å². The Labute approximate surface area is 139 Å². The highest BCUT2D eigenvalue weighted by Gasteiger charge is 2.12. The van der Waals surface area contributed by atoms with Crippen LogP contribution in [0, 0.1) is 20.2 Å². The summed E-state index contributed by atoms with van der Waals surface area (Å²) in [6.07, 6.45) is 1.24. The first-order valence-corrected chi connectivity index (χ1v) is 6.78. The lowest BCUT2D eigenvalue weighted by molar-refractivity contribution is -0.385. The molecule has 0 saturated carbocycles. The maximum absolute atomic E-state index is 11.9. The average Bonchev–Trinajstić information content (AvgIpc) is 2.54. The number of hydrazone groups is 1. The molecule has 24 heavy (non-hydrogen) atoms. The summed E-state index contributed by atoms with van der Waals surface area (Å²) in [5.74, 6) is -0.636. The Morgan fingerprint density at radius 3 is 2.50 bits per heavy atom. The maximum atomic E-state index is 11.9. The Balaban J connectivity index is 2.07. The molecule has 10 heteroatoms. The van der Waals surface area contributed by atoms with Gasteiger partial charge in [-0.15, -0.1) is 0 Å². The minimum atomic E-state index is -0.636. The third-order valence-corrected chi connectivity index (χ3v) is 3.17. The van der Waals surface area contributed by atoms with Crippen LogP contribution in [0.15, 0.2) is 47.6 Å². The van der Waals surface area contributed by atoms with Crippen LogP contribution in [-0.2, 0) is 0 Å². The minimum Gasteiger partial charge on any atom is -0.267 e. The van der Waals surface area contributed by atoms with Gasteiger partial charge in [-0.1, -0.05) is 17.7 Å². The Hall–Kier alpha value is -3.33. The van der Waals surface area contributed by atoms with Gasteiger partial charge in [-0.2, -0.15) is 5.10 Å². The van der Waals surface area contributed by atoms with Gasteiger partial charge in [0.1, 0.15) is 5.02 Å². The SMILES string of the molecule is O=C(NN=Cc1ccc([N+](=O)[O-])c(Cl)c1)c1cccc([N+](=O)[O-])c1. The zero-order valence-corrected chi connectivity index (χ0v) is 12.6. The topological polar surface area (TPSA) is 128 Å². The monoisotopic (exact) mass is 348 g/mol. The molecule has 0 bridgehead atoms. The number of carbonyl (C=O) groups excluding carboxylic acids is 1. The number of nitrogens with one attached hydrogen (secondary N) is 1. The first-order chi connectivity index (χ1) is 11.4. The zero-order valence-electron chi connectivity index (χ0n) is 11.9. The number of nitro groups is 2. The van der Waals surface area contributed by atoms with Crippen LogP contribution in [0.25, 0.3) is 0 Å². The fraction of sp³-hybridized carbons (Fsp3) is 0. The second kappa shape index (κ2) is 7.29. The molecule has 0 atom stereocenters. The predicted molar refractivity (Wildman–Crippen MR) is 86.3 cm³/mol. The molecule has 0 aliphatic carbocycles. The number of nitro benzene ring substituents is 2. The summed E-state index contributed by atoms with van der Waals surface area (Å²) in [5.41, 5.74) is 2.25. The Morgan fingerprint density at radius 2 is 1.88 bits per heavy atom. The van der Waals surface area contributed by atoms with E-state index in [-0.39, 0.29) is 22.0 Å². The van der Waals surface area contributed by atoms with Gasteiger partial charge in [0.05, 0.1) is 16.1 Å². The molecule has 0 aromatic heterocycles. The number of amides is 1. The van der Waals surface area contributed by atoms with Gasteiger partial charge in [0.2, 0.25) is 0 Å². The summed E-state index contributed by atoms with van der Waals surface area (Å²) < 4.78 is 0. The quantitative estimate of drug-likeness (QED) is 0.504. The van der Waals surface area contributed by atoms with Crippen LogP contribution in [0.5, 0.6) is 0 Å². The van der Waals surface area contributed by atoms with Crippen molar-refractivity contribution < 1.29 is 14.6 Å². The summed E-state index contributed by atoms with van der Waals surface area (Å²) in [4.78, 5) is 31.9. The lowest BCUT2D eigenvalue weighted by atomic mass is 10.2. The lowest BCUT2D eigenvalue weighted by Crippen LogP contribution is -2.17. The smallest absolute Gasteiger partial charge is 0.267 e. The number of rotatable bonds is 5. The molecule has 0 unspecified atom stereocenters. The highest BCUT2D eigenvalue weighted by Crippen LogP contribution is 2.24. The fourth-order valence-electron chi connectivity index (χ4n) is 1.74. The van der Waals surface area contributed by atoms with Gasteiger partial charge < -0.3 is 0 Å². The van der Waals surface area contributed by atoms with Crippen LogP contribution in [0.1, 0.15) is 15.9 Å². The summed E-state index contributed by atoms with van der Waals surface area (Å²) in [5, 5.41) is 24.9. The van der Waals surface area contributed by atoms with Gasteiger partial charge in [0, 0.05) is 23.8 Å². The molecule has 2 aromatic carbocycles. The molecule has 0 saturated heterocycles. The molecule has 0 aliphatic rings. The largest absolute Gasteiger partial charge is 0.287 e. The number of benzene rings is 2. The molecule has 0 radical (unpaired) electrons. The second-order valence-electron chi connectivity index (χ2n) is 4.47. The van der Waals surface area contributed by atoms with E-state index in [1.54, 1.807) is 0 Å². The molecule has 0 aliphatic heterocycles. The predicted octanol–water partition coefficient (Wildman–Crippen LogP) is 2.92. The number of hydrogen-bond acceptors (Lipinski definition) is 6. The van der Waals surface area contributed by atoms with Crippen LogP contribution in [0.4, 0.5) is 11.4 Å². The molecular weight excluding hydrogens is 340 g/mol. The number of hydrogen-bond donors (Lipinski definition) is 1. The fourth-order valence-corrected chi connectivity index (χ4v) is 2.00. The third-order valence-electron chi connectivity index (χ3n) is 2.87. The van der Waals surface area contributed by atoms with Crippen LogP contribution < -0.4 is 5.43 Å². The number of carbonyl (C=O) groups is 1. The molecule has 9 nitrogen and oxygen atoms in total. The Kier molecular flexibility index (Phi) is 5.17. The van der Waals surface area contributed by atoms with Crippen molar-refractivity contribution in [1.29, 1.82) is 0 Å². The number of nitrogens with zero attached hydrogens (tertiary/aromatic N) is 3. The van der Waals surface area contributed by atoms with E-state index in [1.165, 1.54) is 42.6 Å². The summed E-state index contributed by atoms with van der Waals surface area (Å²) in [6, 6.07) is 9.11. The van der Waals surface area contributed by atoms with Crippen molar-refractivity contribution in [2.45, 2.75) is 0 Å². The van der Waals surface area contributed by atoms with Gasteiger partial charge >= 0.3 is 0 Å². The van der Waals surface area contributed by atoms with E-state index in [2.05, 4.69) is 10.5 Å². The van der Waals surface area contributed by atoms with Crippen LogP contribution in [0.3, 0.4) is 0 Å². The van der Waals surface area contributed by atoms with E-state index >= 15 is 0 Å². The Morgan fingerprint density at radius 1 is 1.12 bits per heavy atom. The highest BCUT2D eigenvalue weighted by atomic mass is 35.5. The molecule has 2 aromatic rings. The van der Waals surface area contributed by atoms with Gasteiger partial charge in [-0.05, 0) is 23.8 Å². The normalized spacial score (nSPS) is 10.5. The molecule has 0 heterocycles. The van der Waals surface area contributed by atoms with Crippen molar-refractivity contribution >= 4 is 35.1 Å². The van der Waals surface area contributed by atoms with Gasteiger partial charge in [0.15, 0.2) is 0 Å². The molecule has 2 rings (SSSR count). The van der Waals surface area contributed by atoms with Crippen molar-refractivity contribution in [1.82, 2.24) is 5.43 Å². The summed E-state index contributed by atoms with van der Waals surface area (Å²) >= 11 is 5.75. The average molecular weight is 349 g/mol. The lowest BCUT2D eigenvalue weighted by Gasteiger charge is -2.00. The first-order valence-electron chi connectivity index (χ1n) is 6.40. The van der Waals surface area contributed by atoms with Gasteiger partial charge in [0.25, 0.3) is 17.3 Å². The zero-order chi connectivity index (χ0) is 17.7. The van der Waals surface area contributed by atoms with Crippen LogP contribution >= 0.6 is 11.6 Å². The standard InChI is InChI=1S/C14H9ClN4O5/c15-12-6-9(4-5-13(12)19(23)24)8-16-17-14(20)10-2-1-3-11(7-10)18(21)22/h1-8H,(H,17,20). The number of halogens is 1. The molecule has 1 amide bonds. The van der Waals surface area contributed by atoms with E-state index in [0.717, 1.165) is 6.07 Å². The summed E-state index contributed by atoms with van der Waals surface area (Å²) in [7, 11) is 0. The van der Waals surface area contributed by atoms with E-state index < -0.39 is 15.8 Å². The van der Waals surface area contributed by atoms with E-state index in [1.807, 2.05) is 0 Å². The second-order valence-corrected chi connectivity index (χ2v) is 4.88. The molecular formula is C14H9ClN4O5.